The Kier molecular flexibility index (Phi) is 3.33. The molecule has 3 N–H and O–H groups in total. The third-order valence-electron chi connectivity index (χ3n) is 2.77. The van der Waals surface area contributed by atoms with E-state index in [2.05, 4.69) is 15.2 Å². The molecule has 0 bridgehead atoms. The number of nitrogens with zero attached hydrogens (tertiary/aromatic N) is 2. The van der Waals surface area contributed by atoms with E-state index in [1.54, 1.807) is 11.3 Å². The molecule has 0 unspecified atom stereocenters. The first-order valence-corrected chi connectivity index (χ1v) is 6.97. The number of nitrogens with one attached hydrogen (secondary N) is 1. The van der Waals surface area contributed by atoms with Crippen molar-refractivity contribution in [2.75, 3.05) is 0 Å². The zero-order valence-electron chi connectivity index (χ0n) is 9.88. The van der Waals surface area contributed by atoms with E-state index in [1.165, 1.54) is 0 Å². The van der Waals surface area contributed by atoms with Crippen molar-refractivity contribution in [1.29, 1.82) is 0 Å². The van der Waals surface area contributed by atoms with Crippen molar-refractivity contribution in [2.45, 2.75) is 6.04 Å². The smallest absolute Gasteiger partial charge is 0.191 e. The number of thiophene rings is 1. The van der Waals surface area contributed by atoms with Gasteiger partial charge in [-0.3, -0.25) is 5.10 Å². The van der Waals surface area contributed by atoms with Crippen molar-refractivity contribution in [3.8, 4) is 10.7 Å². The monoisotopic (exact) mass is 290 g/mol. The average Bonchev–Trinajstić information content (AvgIpc) is 3.10. The number of H-pyrrole nitrogens is 1. The maximum atomic E-state index is 6.16. The van der Waals surface area contributed by atoms with Crippen molar-refractivity contribution < 1.29 is 0 Å². The fraction of sp³-hybridized carbons (Fsp3) is 0.0769. The average molecular weight is 291 g/mol. The predicted octanol–water partition coefficient (Wildman–Crippen LogP) is 3.23. The highest BCUT2D eigenvalue weighted by molar-refractivity contribution is 7.13. The van der Waals surface area contributed by atoms with Gasteiger partial charge in [-0.15, -0.1) is 11.3 Å². The SMILES string of the molecule is N[C@@H](c1ccc(Cl)cc1)c1nc(-c2cccs2)n[nH]1. The van der Waals surface area contributed by atoms with E-state index >= 15 is 0 Å². The number of hydrogen-bond acceptors (Lipinski definition) is 4. The third kappa shape index (κ3) is 2.53. The molecule has 2 aromatic heterocycles. The van der Waals surface area contributed by atoms with Crippen LogP contribution in [0.4, 0.5) is 0 Å². The summed E-state index contributed by atoms with van der Waals surface area (Å²) in [6.07, 6.45) is 0. The van der Waals surface area contributed by atoms with Gasteiger partial charge in [0.05, 0.1) is 10.9 Å². The summed E-state index contributed by atoms with van der Waals surface area (Å²) in [7, 11) is 0. The number of hydrogen-bond donors (Lipinski definition) is 2. The van der Waals surface area contributed by atoms with Crippen LogP contribution < -0.4 is 5.73 Å². The summed E-state index contributed by atoms with van der Waals surface area (Å²) in [6.45, 7) is 0. The second kappa shape index (κ2) is 5.13. The van der Waals surface area contributed by atoms with Gasteiger partial charge in [-0.2, -0.15) is 5.10 Å². The molecule has 1 aromatic carbocycles. The maximum absolute atomic E-state index is 6.16. The first kappa shape index (κ1) is 12.3. The topological polar surface area (TPSA) is 67.6 Å². The molecule has 96 valence electrons. The Morgan fingerprint density at radius 2 is 2.00 bits per heavy atom. The first-order chi connectivity index (χ1) is 9.24. The molecule has 0 aliphatic carbocycles. The van der Waals surface area contributed by atoms with Crippen molar-refractivity contribution in [1.82, 2.24) is 15.2 Å². The Morgan fingerprint density at radius 1 is 1.21 bits per heavy atom. The summed E-state index contributed by atoms with van der Waals surface area (Å²) < 4.78 is 0. The Labute approximate surface area is 119 Å². The van der Waals surface area contributed by atoms with Crippen molar-refractivity contribution in [3.05, 3.63) is 58.2 Å². The molecule has 1 atom stereocenters. The summed E-state index contributed by atoms with van der Waals surface area (Å²) >= 11 is 7.45. The van der Waals surface area contributed by atoms with E-state index in [0.29, 0.717) is 16.7 Å². The molecular formula is C13H11ClN4S. The van der Waals surface area contributed by atoms with Gasteiger partial charge in [-0.05, 0) is 29.1 Å². The standard InChI is InChI=1S/C13H11ClN4S/c14-9-5-3-8(4-6-9)11(15)13-16-12(17-18-13)10-2-1-7-19-10/h1-7,11H,15H2,(H,16,17,18)/t11-/m0/s1. The lowest BCUT2D eigenvalue weighted by Crippen LogP contribution is -2.13. The van der Waals surface area contributed by atoms with Gasteiger partial charge in [0, 0.05) is 5.02 Å². The fourth-order valence-corrected chi connectivity index (χ4v) is 2.54. The van der Waals surface area contributed by atoms with Gasteiger partial charge >= 0.3 is 0 Å². The van der Waals surface area contributed by atoms with E-state index in [4.69, 9.17) is 17.3 Å². The molecule has 0 saturated carbocycles. The largest absolute Gasteiger partial charge is 0.318 e. The van der Waals surface area contributed by atoms with E-state index in [-0.39, 0.29) is 6.04 Å². The molecule has 3 rings (SSSR count). The highest BCUT2D eigenvalue weighted by Gasteiger charge is 2.14. The predicted molar refractivity (Wildman–Crippen MR) is 77.2 cm³/mol. The van der Waals surface area contributed by atoms with E-state index < -0.39 is 0 Å². The summed E-state index contributed by atoms with van der Waals surface area (Å²) in [6, 6.07) is 11.0. The minimum Gasteiger partial charge on any atom is -0.318 e. The lowest BCUT2D eigenvalue weighted by atomic mass is 10.1. The third-order valence-corrected chi connectivity index (χ3v) is 3.89. The lowest BCUT2D eigenvalue weighted by molar-refractivity contribution is 0.787. The molecule has 2 heterocycles. The summed E-state index contributed by atoms with van der Waals surface area (Å²) in [4.78, 5) is 5.46. The first-order valence-electron chi connectivity index (χ1n) is 5.71. The number of rotatable bonds is 3. The highest BCUT2D eigenvalue weighted by atomic mass is 35.5. The van der Waals surface area contributed by atoms with Crippen LogP contribution in [0.2, 0.25) is 5.02 Å². The van der Waals surface area contributed by atoms with E-state index in [0.717, 1.165) is 10.4 Å². The van der Waals surface area contributed by atoms with Crippen LogP contribution in [0.1, 0.15) is 17.4 Å². The molecule has 0 aliphatic heterocycles. The van der Waals surface area contributed by atoms with E-state index in [1.807, 2.05) is 41.8 Å². The summed E-state index contributed by atoms with van der Waals surface area (Å²) in [5.74, 6) is 1.32. The van der Waals surface area contributed by atoms with Crippen LogP contribution >= 0.6 is 22.9 Å². The Bertz CT molecular complexity index is 660. The Hall–Kier alpha value is -1.69. The second-order valence-electron chi connectivity index (χ2n) is 4.05. The number of aromatic nitrogens is 3. The van der Waals surface area contributed by atoms with Crippen LogP contribution in [0.5, 0.6) is 0 Å². The number of benzene rings is 1. The minimum atomic E-state index is -0.335. The van der Waals surface area contributed by atoms with Crippen LogP contribution in [-0.2, 0) is 0 Å². The molecule has 19 heavy (non-hydrogen) atoms. The highest BCUT2D eigenvalue weighted by Crippen LogP contribution is 2.23. The maximum Gasteiger partial charge on any atom is 0.191 e. The van der Waals surface area contributed by atoms with Crippen molar-refractivity contribution >= 4 is 22.9 Å². The molecule has 0 fully saturated rings. The second-order valence-corrected chi connectivity index (χ2v) is 5.43. The van der Waals surface area contributed by atoms with Gasteiger partial charge in [0.1, 0.15) is 5.82 Å². The summed E-state index contributed by atoms with van der Waals surface area (Å²) in [5, 5.41) is 9.76. The summed E-state index contributed by atoms with van der Waals surface area (Å²) in [5.41, 5.74) is 7.10. The van der Waals surface area contributed by atoms with Gasteiger partial charge < -0.3 is 5.73 Å². The fourth-order valence-electron chi connectivity index (χ4n) is 1.76. The Morgan fingerprint density at radius 3 is 2.68 bits per heavy atom. The molecule has 6 heteroatoms. The quantitative estimate of drug-likeness (QED) is 0.778. The van der Waals surface area contributed by atoms with Gasteiger partial charge in [0.2, 0.25) is 0 Å². The molecule has 0 radical (unpaired) electrons. The van der Waals surface area contributed by atoms with Gasteiger partial charge in [-0.25, -0.2) is 4.98 Å². The van der Waals surface area contributed by atoms with Crippen molar-refractivity contribution in [3.63, 3.8) is 0 Å². The lowest BCUT2D eigenvalue weighted by Gasteiger charge is -2.08. The van der Waals surface area contributed by atoms with Gasteiger partial charge in [0.25, 0.3) is 0 Å². The van der Waals surface area contributed by atoms with Crippen LogP contribution in [0.25, 0.3) is 10.7 Å². The van der Waals surface area contributed by atoms with Crippen LogP contribution in [0.15, 0.2) is 41.8 Å². The van der Waals surface area contributed by atoms with Crippen LogP contribution in [0.3, 0.4) is 0 Å². The normalized spacial score (nSPS) is 12.5. The van der Waals surface area contributed by atoms with Crippen LogP contribution in [0, 0.1) is 0 Å². The molecule has 0 saturated heterocycles. The molecule has 0 spiro atoms. The molecule has 0 amide bonds. The van der Waals surface area contributed by atoms with Crippen LogP contribution in [-0.4, -0.2) is 15.2 Å². The zero-order valence-corrected chi connectivity index (χ0v) is 11.4. The molecular weight excluding hydrogens is 280 g/mol. The molecule has 0 aliphatic rings. The zero-order chi connectivity index (χ0) is 13.2. The molecule has 3 aromatic rings. The van der Waals surface area contributed by atoms with Gasteiger partial charge in [-0.1, -0.05) is 29.8 Å². The van der Waals surface area contributed by atoms with E-state index in [9.17, 15) is 0 Å². The number of nitrogens with two attached hydrogens (primary N) is 1. The molecule has 4 nitrogen and oxygen atoms in total. The van der Waals surface area contributed by atoms with Gasteiger partial charge in [0.15, 0.2) is 5.82 Å². The minimum absolute atomic E-state index is 0.335. The Balaban J connectivity index is 1.88. The number of aromatic amines is 1. The number of halogens is 1. The van der Waals surface area contributed by atoms with Crippen molar-refractivity contribution in [2.24, 2.45) is 5.73 Å².